The zero-order valence-corrected chi connectivity index (χ0v) is 15.5. The number of ketones is 1. The van der Waals surface area contributed by atoms with Gasteiger partial charge in [-0.05, 0) is 84.2 Å². The van der Waals surface area contributed by atoms with Gasteiger partial charge in [-0.25, -0.2) is 0 Å². The molecule has 0 aromatic carbocycles. The van der Waals surface area contributed by atoms with E-state index in [0.29, 0.717) is 16.6 Å². The van der Waals surface area contributed by atoms with Crippen LogP contribution >= 0.6 is 27.3 Å². The summed E-state index contributed by atoms with van der Waals surface area (Å²) >= 11 is 5.29. The fourth-order valence-electron chi connectivity index (χ4n) is 6.58. The molecule has 4 aliphatic rings. The molecule has 1 aromatic rings. The first-order valence-corrected chi connectivity index (χ1v) is 9.64. The zero-order chi connectivity index (χ0) is 15.0. The first-order chi connectivity index (χ1) is 9.73. The molecule has 1 aromatic heterocycles. The maximum absolute atomic E-state index is 13.4. The molecule has 21 heavy (non-hydrogen) atoms. The molecule has 4 saturated carbocycles. The molecule has 0 amide bonds. The first-order valence-electron chi connectivity index (χ1n) is 8.04. The van der Waals surface area contributed by atoms with Crippen molar-refractivity contribution in [3.8, 4) is 0 Å². The molecule has 0 radical (unpaired) electrons. The van der Waals surface area contributed by atoms with Crippen molar-refractivity contribution in [2.24, 2.45) is 22.2 Å². The summed E-state index contributed by atoms with van der Waals surface area (Å²) < 4.78 is 1.01. The third-order valence-corrected chi connectivity index (χ3v) is 8.06. The van der Waals surface area contributed by atoms with Gasteiger partial charge in [0.2, 0.25) is 0 Å². The molecule has 1 nitrogen and oxygen atoms in total. The van der Waals surface area contributed by atoms with Gasteiger partial charge in [0.15, 0.2) is 5.78 Å². The minimum atomic E-state index is -0.0667. The molecule has 0 spiro atoms. The number of hydrogen-bond acceptors (Lipinski definition) is 2. The van der Waals surface area contributed by atoms with Crippen LogP contribution in [0.5, 0.6) is 0 Å². The summed E-state index contributed by atoms with van der Waals surface area (Å²) in [5.74, 6) is 1.22. The lowest BCUT2D eigenvalue weighted by molar-refractivity contribution is -0.125. The Morgan fingerprint density at radius 2 is 1.81 bits per heavy atom. The van der Waals surface area contributed by atoms with Crippen LogP contribution in [0.2, 0.25) is 0 Å². The Morgan fingerprint density at radius 1 is 1.19 bits per heavy atom. The standard InChI is InChI=1S/C18H23BrOS/c1-11-4-13(19)14(21-11)15(20)18-7-12-5-16(2,9-18)8-17(3,6-12)10-18/h4,12H,5-10H2,1-3H3. The van der Waals surface area contributed by atoms with Crippen molar-refractivity contribution in [2.75, 3.05) is 0 Å². The average Bonchev–Trinajstić information content (AvgIpc) is 2.62. The SMILES string of the molecule is Cc1cc(Br)c(C(=O)C23CC4CC(C)(CC(C)(C4)C2)C3)s1. The summed E-state index contributed by atoms with van der Waals surface area (Å²) in [6, 6.07) is 2.10. The molecule has 2 atom stereocenters. The van der Waals surface area contributed by atoms with Crippen LogP contribution in [0.4, 0.5) is 0 Å². The number of aryl methyl sites for hydroxylation is 1. The van der Waals surface area contributed by atoms with E-state index in [4.69, 9.17) is 0 Å². The topological polar surface area (TPSA) is 17.1 Å². The third-order valence-electron chi connectivity index (χ3n) is 6.12. The molecular formula is C18H23BrOS. The number of thiophene rings is 1. The van der Waals surface area contributed by atoms with E-state index in [-0.39, 0.29) is 5.41 Å². The number of Topliss-reactive ketones (excluding diaryl/α,β-unsaturated/α-hetero) is 1. The van der Waals surface area contributed by atoms with Crippen LogP contribution in [0.1, 0.15) is 66.9 Å². The van der Waals surface area contributed by atoms with Gasteiger partial charge < -0.3 is 0 Å². The van der Waals surface area contributed by atoms with Gasteiger partial charge in [-0.15, -0.1) is 11.3 Å². The lowest BCUT2D eigenvalue weighted by Crippen LogP contribution is -2.57. The Hall–Kier alpha value is -0.150. The molecule has 2 unspecified atom stereocenters. The molecule has 4 fully saturated rings. The van der Waals surface area contributed by atoms with Crippen LogP contribution < -0.4 is 0 Å². The van der Waals surface area contributed by atoms with E-state index in [0.717, 1.165) is 34.5 Å². The van der Waals surface area contributed by atoms with E-state index in [1.54, 1.807) is 11.3 Å². The second-order valence-corrected chi connectivity index (χ2v) is 10.9. The minimum absolute atomic E-state index is 0.0667. The minimum Gasteiger partial charge on any atom is -0.293 e. The summed E-state index contributed by atoms with van der Waals surface area (Å²) in [6.45, 7) is 6.97. The van der Waals surface area contributed by atoms with Crippen LogP contribution in [0.15, 0.2) is 10.5 Å². The Balaban J connectivity index is 1.77. The monoisotopic (exact) mass is 366 g/mol. The van der Waals surface area contributed by atoms with Gasteiger partial charge in [0.1, 0.15) is 0 Å². The van der Waals surface area contributed by atoms with E-state index in [1.165, 1.54) is 24.1 Å². The van der Waals surface area contributed by atoms with Crippen molar-refractivity contribution in [1.82, 2.24) is 0 Å². The Bertz CT molecular complexity index is 613. The second-order valence-electron chi connectivity index (χ2n) is 8.77. The smallest absolute Gasteiger partial charge is 0.180 e. The van der Waals surface area contributed by atoms with Gasteiger partial charge >= 0.3 is 0 Å². The number of halogens is 1. The summed E-state index contributed by atoms with van der Waals surface area (Å²) in [5.41, 5.74) is 0.744. The number of carbonyl (C=O) groups is 1. The number of rotatable bonds is 2. The van der Waals surface area contributed by atoms with Crippen molar-refractivity contribution < 1.29 is 4.79 Å². The highest BCUT2D eigenvalue weighted by atomic mass is 79.9. The molecule has 4 bridgehead atoms. The van der Waals surface area contributed by atoms with E-state index in [9.17, 15) is 4.79 Å². The highest BCUT2D eigenvalue weighted by Gasteiger charge is 2.62. The maximum Gasteiger partial charge on any atom is 0.180 e. The van der Waals surface area contributed by atoms with E-state index in [1.807, 2.05) is 0 Å². The molecule has 0 aliphatic heterocycles. The summed E-state index contributed by atoms with van der Waals surface area (Å²) in [4.78, 5) is 15.6. The average molecular weight is 367 g/mol. The van der Waals surface area contributed by atoms with Crippen LogP contribution in [-0.2, 0) is 0 Å². The fourth-order valence-corrected chi connectivity index (χ4v) is 8.46. The van der Waals surface area contributed by atoms with Crippen molar-refractivity contribution in [2.45, 2.75) is 59.3 Å². The molecule has 0 saturated heterocycles. The molecule has 114 valence electrons. The second kappa shape index (κ2) is 4.23. The van der Waals surface area contributed by atoms with Gasteiger partial charge in [0, 0.05) is 14.8 Å². The highest BCUT2D eigenvalue weighted by Crippen LogP contribution is 2.70. The van der Waals surface area contributed by atoms with Gasteiger partial charge in [0.25, 0.3) is 0 Å². The predicted molar refractivity (Wildman–Crippen MR) is 90.9 cm³/mol. The lowest BCUT2D eigenvalue weighted by atomic mass is 9.39. The lowest BCUT2D eigenvalue weighted by Gasteiger charge is -2.64. The van der Waals surface area contributed by atoms with E-state index >= 15 is 0 Å². The predicted octanol–water partition coefficient (Wildman–Crippen LogP) is 6.00. The van der Waals surface area contributed by atoms with Crippen molar-refractivity contribution in [3.05, 3.63) is 20.3 Å². The van der Waals surface area contributed by atoms with Gasteiger partial charge in [-0.1, -0.05) is 13.8 Å². The third kappa shape index (κ3) is 2.10. The Kier molecular flexibility index (Phi) is 2.91. The molecule has 5 rings (SSSR count). The number of hydrogen-bond donors (Lipinski definition) is 0. The fraction of sp³-hybridized carbons (Fsp3) is 0.722. The largest absolute Gasteiger partial charge is 0.293 e. The number of carbonyl (C=O) groups excluding carboxylic acids is 1. The van der Waals surface area contributed by atoms with Crippen LogP contribution in [-0.4, -0.2) is 5.78 Å². The summed E-state index contributed by atoms with van der Waals surface area (Å²) in [7, 11) is 0. The van der Waals surface area contributed by atoms with Crippen molar-refractivity contribution in [1.29, 1.82) is 0 Å². The molecule has 3 heteroatoms. The summed E-state index contributed by atoms with van der Waals surface area (Å²) in [6.07, 6.45) is 7.41. The zero-order valence-electron chi connectivity index (χ0n) is 13.1. The molecule has 4 aliphatic carbocycles. The Morgan fingerprint density at radius 3 is 2.29 bits per heavy atom. The highest BCUT2D eigenvalue weighted by molar-refractivity contribution is 9.10. The Labute approximate surface area is 139 Å². The van der Waals surface area contributed by atoms with Crippen molar-refractivity contribution >= 4 is 33.0 Å². The normalized spacial score (nSPS) is 44.3. The first kappa shape index (κ1) is 14.4. The van der Waals surface area contributed by atoms with Crippen LogP contribution in [0.3, 0.4) is 0 Å². The van der Waals surface area contributed by atoms with Gasteiger partial charge in [0.05, 0.1) is 4.88 Å². The van der Waals surface area contributed by atoms with Gasteiger partial charge in [-0.3, -0.25) is 4.79 Å². The van der Waals surface area contributed by atoms with Gasteiger partial charge in [-0.2, -0.15) is 0 Å². The quantitative estimate of drug-likeness (QED) is 0.586. The van der Waals surface area contributed by atoms with Crippen molar-refractivity contribution in [3.63, 3.8) is 0 Å². The maximum atomic E-state index is 13.4. The van der Waals surface area contributed by atoms with E-state index in [2.05, 4.69) is 42.8 Å². The summed E-state index contributed by atoms with van der Waals surface area (Å²) in [5, 5.41) is 0. The van der Waals surface area contributed by atoms with E-state index < -0.39 is 0 Å². The molecular weight excluding hydrogens is 344 g/mol. The molecule has 0 N–H and O–H groups in total. The molecule has 1 heterocycles. The van der Waals surface area contributed by atoms with Crippen LogP contribution in [0.25, 0.3) is 0 Å². The van der Waals surface area contributed by atoms with Crippen LogP contribution in [0, 0.1) is 29.1 Å².